The van der Waals surface area contributed by atoms with Gasteiger partial charge in [-0.25, -0.2) is 0 Å². The fourth-order valence-electron chi connectivity index (χ4n) is 10.4. The van der Waals surface area contributed by atoms with Crippen molar-refractivity contribution in [3.05, 3.63) is 59.2 Å². The molecule has 0 spiro atoms. The first-order chi connectivity index (χ1) is 28.1. The first kappa shape index (κ1) is 47.9. The van der Waals surface area contributed by atoms with E-state index in [4.69, 9.17) is 12.2 Å². The molecule has 3 aliphatic carbocycles. The van der Waals surface area contributed by atoms with Crippen molar-refractivity contribution in [2.75, 3.05) is 77.3 Å². The minimum absolute atomic E-state index is 0. The van der Waals surface area contributed by atoms with E-state index in [0.717, 1.165) is 48.9 Å². The number of hydrogen-bond acceptors (Lipinski definition) is 11. The molecule has 8 N–H and O–H groups in total. The maximum absolute atomic E-state index is 12.2. The molecule has 2 aromatic carbocycles. The van der Waals surface area contributed by atoms with Gasteiger partial charge in [-0.3, -0.25) is 38.8 Å². The Kier molecular flexibility index (Phi) is 17.0. The zero-order valence-electron chi connectivity index (χ0n) is 33.8. The molecule has 4 aliphatic rings. The summed E-state index contributed by atoms with van der Waals surface area (Å²) in [5.74, 6) is -2.92. The number of aromatic hydroxyl groups is 1. The summed E-state index contributed by atoms with van der Waals surface area (Å²) in [6, 6.07) is 12.6. The molecular formula is C42H58LuN6O10S+3. The number of hydrogen-bond donors (Lipinski definition) is 8. The van der Waals surface area contributed by atoms with Crippen LogP contribution in [0.3, 0.4) is 0 Å². The van der Waals surface area contributed by atoms with Crippen LogP contribution >= 0.6 is 12.2 Å². The molecule has 16 nitrogen and oxygen atoms in total. The van der Waals surface area contributed by atoms with Crippen molar-refractivity contribution in [3.63, 3.8) is 0 Å². The summed E-state index contributed by atoms with van der Waals surface area (Å²) in [5, 5.41) is 67.5. The number of aliphatic hydroxyl groups excluding tert-OH is 1. The molecule has 1 aliphatic heterocycles. The second-order valence-electron chi connectivity index (χ2n) is 17.1. The number of nitrogens with zero attached hydrogens (tertiary/aromatic N) is 4. The molecule has 334 valence electrons. The molecule has 0 bridgehead atoms. The Bertz CT molecular complexity index is 1860. The van der Waals surface area contributed by atoms with Crippen molar-refractivity contribution in [1.82, 2.24) is 24.9 Å². The van der Waals surface area contributed by atoms with Gasteiger partial charge in [0.15, 0.2) is 5.11 Å². The Morgan fingerprint density at radius 1 is 0.767 bits per heavy atom. The molecule has 5 unspecified atom stereocenters. The van der Waals surface area contributed by atoms with E-state index in [-0.39, 0.29) is 132 Å². The van der Waals surface area contributed by atoms with Crippen molar-refractivity contribution in [2.45, 2.75) is 69.6 Å². The van der Waals surface area contributed by atoms with Gasteiger partial charge in [0.05, 0.1) is 38.3 Å². The number of nitrogens with one attached hydrogen (secondary N) is 2. The average molecular weight is 1020 g/mol. The van der Waals surface area contributed by atoms with Gasteiger partial charge < -0.3 is 41.3 Å². The summed E-state index contributed by atoms with van der Waals surface area (Å²) in [4.78, 5) is 54.2. The second-order valence-corrected chi connectivity index (χ2v) is 17.5. The maximum Gasteiger partial charge on any atom is 3.00 e. The number of aliphatic hydroxyl groups is 1. The van der Waals surface area contributed by atoms with Crippen molar-refractivity contribution >= 4 is 46.9 Å². The Balaban J connectivity index is 0.00000683. The number of anilines is 1. The van der Waals surface area contributed by atoms with Gasteiger partial charge in [0.1, 0.15) is 5.75 Å². The van der Waals surface area contributed by atoms with Crippen LogP contribution in [0.15, 0.2) is 42.5 Å². The van der Waals surface area contributed by atoms with Crippen LogP contribution in [-0.2, 0) is 25.6 Å². The number of rotatable bonds is 12. The normalized spacial score (nSPS) is 28.0. The first-order valence-corrected chi connectivity index (χ1v) is 20.9. The van der Waals surface area contributed by atoms with E-state index in [2.05, 4.69) is 17.6 Å². The fraction of sp³-hybridized carbons (Fsp3) is 0.595. The van der Waals surface area contributed by atoms with Crippen molar-refractivity contribution in [1.29, 1.82) is 0 Å². The zero-order valence-corrected chi connectivity index (χ0v) is 36.3. The van der Waals surface area contributed by atoms with Crippen LogP contribution in [0.2, 0.25) is 0 Å². The summed E-state index contributed by atoms with van der Waals surface area (Å²) < 4.78 is 0. The van der Waals surface area contributed by atoms with Gasteiger partial charge in [-0.2, -0.15) is 0 Å². The van der Waals surface area contributed by atoms with Crippen LogP contribution in [0.4, 0.5) is 5.69 Å². The number of phenolic OH excluding ortho intramolecular Hbond substituents is 1. The summed E-state index contributed by atoms with van der Waals surface area (Å²) in [7, 11) is 0. The van der Waals surface area contributed by atoms with Crippen LogP contribution < -0.4 is 10.6 Å². The number of carboxylic acid groups (broad SMARTS) is 4. The molecular weight excluding hydrogens is 958 g/mol. The van der Waals surface area contributed by atoms with Gasteiger partial charge in [0.2, 0.25) is 0 Å². The smallest absolute Gasteiger partial charge is 0.508 e. The van der Waals surface area contributed by atoms with Crippen molar-refractivity contribution in [2.24, 2.45) is 17.3 Å². The summed E-state index contributed by atoms with van der Waals surface area (Å²) in [6.07, 6.45) is 4.67. The molecule has 0 radical (unpaired) electrons. The Morgan fingerprint density at radius 2 is 1.35 bits per heavy atom. The number of thiocarbonyl (C=S) groups is 1. The van der Waals surface area contributed by atoms with Gasteiger partial charge in [0, 0.05) is 57.5 Å². The molecule has 0 amide bonds. The minimum Gasteiger partial charge on any atom is -0.508 e. The van der Waals surface area contributed by atoms with E-state index in [1.807, 2.05) is 36.4 Å². The van der Waals surface area contributed by atoms with E-state index < -0.39 is 29.9 Å². The van der Waals surface area contributed by atoms with Crippen LogP contribution in [0.25, 0.3) is 0 Å². The third-order valence-electron chi connectivity index (χ3n) is 13.3. The van der Waals surface area contributed by atoms with Crippen LogP contribution in [0.5, 0.6) is 5.75 Å². The van der Waals surface area contributed by atoms with E-state index in [9.17, 15) is 49.8 Å². The third-order valence-corrected chi connectivity index (χ3v) is 13.5. The molecule has 0 aromatic heterocycles. The monoisotopic (exact) mass is 1020 g/mol. The molecule has 2 aromatic rings. The van der Waals surface area contributed by atoms with E-state index in [0.29, 0.717) is 29.3 Å². The largest absolute Gasteiger partial charge is 3.00 e. The topological polar surface area (TPSA) is 227 Å². The molecule has 1 heterocycles. The number of fused-ring (bicyclic) bond motifs is 5. The van der Waals surface area contributed by atoms with Crippen LogP contribution in [0.1, 0.15) is 67.7 Å². The average Bonchev–Trinajstić information content (AvgIpc) is 3.47. The molecule has 6 rings (SSSR count). The molecule has 2 saturated carbocycles. The molecule has 1 saturated heterocycles. The van der Waals surface area contributed by atoms with Crippen LogP contribution in [-0.4, -0.2) is 163 Å². The number of phenols is 1. The summed E-state index contributed by atoms with van der Waals surface area (Å²) >= 11 is 5.85. The standard InChI is InChI=1S/C42H58N6O10S.Lu/c1-42-11-10-31-30-7-6-29(49)19-33(30)35(20-32(31)34(42)8-9-36(42)50)44-41(59)43-27-4-2-26(3-5-27)18-28-21-47(24-39(55)56)15-14-45(22-37(51)52)12-13-46(23-38(53)54)16-17-48(28)25-40(57)58;/h2-7,19,28,31-32,34-36,49-50H,8-18,20-25H2,1H3,(H,51,52)(H,53,54)(H,55,56)(H,57,58)(H2,43,44,59);/q;+3/t28?,31?,32?,34?,35?,36-,42-;/m0./s1/i;1+2. The van der Waals surface area contributed by atoms with E-state index in [1.54, 1.807) is 25.7 Å². The Hall–Kier alpha value is -3.16. The second kappa shape index (κ2) is 21.3. The Labute approximate surface area is 385 Å². The van der Waals surface area contributed by atoms with Gasteiger partial charge in [-0.15, -0.1) is 0 Å². The predicted octanol–water partition coefficient (Wildman–Crippen LogP) is 2.57. The number of benzene rings is 2. The van der Waals surface area contributed by atoms with Gasteiger partial charge >= 0.3 is 60.8 Å². The third kappa shape index (κ3) is 12.3. The first-order valence-electron chi connectivity index (χ1n) is 20.5. The van der Waals surface area contributed by atoms with Gasteiger partial charge in [-0.1, -0.05) is 25.1 Å². The van der Waals surface area contributed by atoms with E-state index in [1.165, 1.54) is 5.56 Å². The number of carbonyl (C=O) groups is 4. The molecule has 7 atom stereocenters. The summed E-state index contributed by atoms with van der Waals surface area (Å²) in [6.45, 7) is 2.44. The SMILES string of the molecule is C[C@]12CCC3c4ccc(O)cc4C(NC(=S)Nc4ccc(CC5CN(CC(=O)O)CCN(CC(=O)O)CCN(CC(=O)O)CCN5CC(=O)O)cc4)CC3C1CC[C@@H]2O.[177Lu+3]. The van der Waals surface area contributed by atoms with Crippen LogP contribution in [0, 0.1) is 54.1 Å². The number of aliphatic carboxylic acids is 4. The van der Waals surface area contributed by atoms with E-state index >= 15 is 0 Å². The minimum atomic E-state index is -1.07. The molecule has 3 fully saturated rings. The zero-order chi connectivity index (χ0) is 42.4. The maximum atomic E-state index is 12.2. The summed E-state index contributed by atoms with van der Waals surface area (Å²) in [5.41, 5.74) is 3.74. The van der Waals surface area contributed by atoms with Crippen molar-refractivity contribution in [3.8, 4) is 5.75 Å². The van der Waals surface area contributed by atoms with Crippen molar-refractivity contribution < 1.29 is 86.7 Å². The molecule has 18 heteroatoms. The fourth-order valence-corrected chi connectivity index (χ4v) is 10.6. The van der Waals surface area contributed by atoms with Gasteiger partial charge in [0.25, 0.3) is 0 Å². The quantitative estimate of drug-likeness (QED) is 0.143. The number of carboxylic acids is 4. The predicted molar refractivity (Wildman–Crippen MR) is 222 cm³/mol. The Morgan fingerprint density at radius 3 is 1.97 bits per heavy atom. The van der Waals surface area contributed by atoms with Gasteiger partial charge in [-0.05, 0) is 115 Å². The molecule has 60 heavy (non-hydrogen) atoms.